The molecule has 0 aromatic heterocycles. The van der Waals surface area contributed by atoms with E-state index in [1.165, 1.54) is 12.0 Å². The highest BCUT2D eigenvalue weighted by atomic mass is 35.5. The third-order valence-corrected chi connectivity index (χ3v) is 5.49. The van der Waals surface area contributed by atoms with Gasteiger partial charge in [-0.3, -0.25) is 14.4 Å². The fourth-order valence-electron chi connectivity index (χ4n) is 3.58. The Bertz CT molecular complexity index is 977. The molecule has 0 saturated carbocycles. The van der Waals surface area contributed by atoms with Crippen LogP contribution in [0.2, 0.25) is 5.02 Å². The van der Waals surface area contributed by atoms with Crippen LogP contribution in [0.15, 0.2) is 42.5 Å². The molecule has 8 heteroatoms. The number of nitrogens with zero attached hydrogens (tertiary/aromatic N) is 2. The first-order chi connectivity index (χ1) is 14.8. The van der Waals surface area contributed by atoms with Crippen LogP contribution in [-0.4, -0.2) is 54.8 Å². The first kappa shape index (κ1) is 22.6. The van der Waals surface area contributed by atoms with Gasteiger partial charge < -0.3 is 19.9 Å². The molecule has 0 radical (unpaired) electrons. The third kappa shape index (κ3) is 5.76. The van der Waals surface area contributed by atoms with Crippen molar-refractivity contribution in [2.45, 2.75) is 19.9 Å². The molecule has 1 aliphatic rings. The summed E-state index contributed by atoms with van der Waals surface area (Å²) in [6.07, 6.45) is 0.152. The maximum atomic E-state index is 12.8. The Hall–Kier alpha value is -3.06. The number of carbonyl (C=O) groups excluding carboxylic acids is 3. The molecule has 2 aromatic rings. The van der Waals surface area contributed by atoms with Gasteiger partial charge in [-0.05, 0) is 30.7 Å². The van der Waals surface area contributed by atoms with Gasteiger partial charge in [-0.2, -0.15) is 0 Å². The van der Waals surface area contributed by atoms with Crippen molar-refractivity contribution >= 4 is 35.0 Å². The molecular formula is C23H26ClN3O4. The zero-order valence-corrected chi connectivity index (χ0v) is 18.6. The van der Waals surface area contributed by atoms with Gasteiger partial charge in [-0.15, -0.1) is 0 Å². The summed E-state index contributed by atoms with van der Waals surface area (Å²) in [5, 5.41) is 3.17. The van der Waals surface area contributed by atoms with E-state index in [-0.39, 0.29) is 30.7 Å². The number of nitrogens with one attached hydrogen (secondary N) is 1. The van der Waals surface area contributed by atoms with Crippen molar-refractivity contribution in [3.63, 3.8) is 0 Å². The zero-order chi connectivity index (χ0) is 22.5. The molecule has 0 spiro atoms. The topological polar surface area (TPSA) is 79.0 Å². The predicted molar refractivity (Wildman–Crippen MR) is 119 cm³/mol. The van der Waals surface area contributed by atoms with Crippen molar-refractivity contribution in [3.8, 4) is 5.75 Å². The van der Waals surface area contributed by atoms with E-state index in [1.54, 1.807) is 30.1 Å². The monoisotopic (exact) mass is 443 g/mol. The van der Waals surface area contributed by atoms with Gasteiger partial charge in [-0.25, -0.2) is 0 Å². The second kappa shape index (κ2) is 9.83. The Kier molecular flexibility index (Phi) is 7.17. The van der Waals surface area contributed by atoms with Gasteiger partial charge in [0.05, 0.1) is 25.3 Å². The fraction of sp³-hybridized carbons (Fsp3) is 0.348. The summed E-state index contributed by atoms with van der Waals surface area (Å²) < 4.78 is 5.22. The zero-order valence-electron chi connectivity index (χ0n) is 17.9. The number of methoxy groups -OCH3 is 1. The molecule has 1 saturated heterocycles. The molecule has 1 N–H and O–H groups in total. The second-order valence-corrected chi connectivity index (χ2v) is 8.18. The molecule has 2 aromatic carbocycles. The van der Waals surface area contributed by atoms with Crippen LogP contribution >= 0.6 is 11.6 Å². The van der Waals surface area contributed by atoms with Gasteiger partial charge in [0, 0.05) is 31.6 Å². The van der Waals surface area contributed by atoms with E-state index in [9.17, 15) is 14.4 Å². The minimum Gasteiger partial charge on any atom is -0.495 e. The summed E-state index contributed by atoms with van der Waals surface area (Å²) >= 11 is 5.98. The van der Waals surface area contributed by atoms with E-state index < -0.39 is 5.92 Å². The Balaban J connectivity index is 1.56. The van der Waals surface area contributed by atoms with E-state index in [0.717, 1.165) is 11.1 Å². The summed E-state index contributed by atoms with van der Waals surface area (Å²) in [6, 6.07) is 12.9. The van der Waals surface area contributed by atoms with E-state index in [2.05, 4.69) is 5.32 Å². The summed E-state index contributed by atoms with van der Waals surface area (Å²) in [6.45, 7) is 2.69. The van der Waals surface area contributed by atoms with Gasteiger partial charge in [0.1, 0.15) is 5.75 Å². The summed E-state index contributed by atoms with van der Waals surface area (Å²) in [7, 11) is 3.05. The Morgan fingerprint density at radius 2 is 1.94 bits per heavy atom. The average molecular weight is 444 g/mol. The number of carbonyl (C=O) groups is 3. The van der Waals surface area contributed by atoms with Crippen molar-refractivity contribution in [1.82, 2.24) is 9.80 Å². The number of benzene rings is 2. The SMILES string of the molecule is COc1ccc(Cl)cc1NC(=O)CN(C)C(=O)[C@@H]1CC(=O)N(Cc2ccc(C)cc2)C1. The lowest BCUT2D eigenvalue weighted by Crippen LogP contribution is -2.39. The molecule has 1 atom stereocenters. The van der Waals surface area contributed by atoms with Gasteiger partial charge in [0.15, 0.2) is 0 Å². The number of halogens is 1. The number of ether oxygens (including phenoxy) is 1. The maximum Gasteiger partial charge on any atom is 0.244 e. The quantitative estimate of drug-likeness (QED) is 0.713. The third-order valence-electron chi connectivity index (χ3n) is 5.25. The molecule has 3 rings (SSSR count). The highest BCUT2D eigenvalue weighted by Crippen LogP contribution is 2.28. The number of hydrogen-bond acceptors (Lipinski definition) is 4. The second-order valence-electron chi connectivity index (χ2n) is 7.75. The van der Waals surface area contributed by atoms with Gasteiger partial charge in [-0.1, -0.05) is 41.4 Å². The van der Waals surface area contributed by atoms with Crippen LogP contribution in [-0.2, 0) is 20.9 Å². The highest BCUT2D eigenvalue weighted by molar-refractivity contribution is 6.31. The van der Waals surface area contributed by atoms with Crippen LogP contribution < -0.4 is 10.1 Å². The summed E-state index contributed by atoms with van der Waals surface area (Å²) in [5.41, 5.74) is 2.61. The number of rotatable bonds is 7. The van der Waals surface area contributed by atoms with Crippen molar-refractivity contribution in [1.29, 1.82) is 0 Å². The van der Waals surface area contributed by atoms with Crippen molar-refractivity contribution in [2.75, 3.05) is 32.6 Å². The van der Waals surface area contributed by atoms with Crippen LogP contribution in [0.25, 0.3) is 0 Å². The van der Waals surface area contributed by atoms with Gasteiger partial charge in [0.2, 0.25) is 17.7 Å². The van der Waals surface area contributed by atoms with E-state index in [1.807, 2.05) is 31.2 Å². The number of likely N-dealkylation sites (tertiary alicyclic amines) is 1. The molecule has 164 valence electrons. The summed E-state index contributed by atoms with van der Waals surface area (Å²) in [4.78, 5) is 40.7. The van der Waals surface area contributed by atoms with E-state index in [4.69, 9.17) is 16.3 Å². The molecule has 1 heterocycles. The highest BCUT2D eigenvalue weighted by Gasteiger charge is 2.36. The predicted octanol–water partition coefficient (Wildman–Crippen LogP) is 3.10. The standard InChI is InChI=1S/C23H26ClN3O4/c1-15-4-6-16(7-5-15)12-27-13-17(10-22(27)29)23(30)26(2)14-21(28)25-19-11-18(24)8-9-20(19)31-3/h4-9,11,17H,10,12-14H2,1-3H3,(H,25,28)/t17-/m1/s1. The lowest BCUT2D eigenvalue weighted by Gasteiger charge is -2.21. The average Bonchev–Trinajstić information content (AvgIpc) is 3.09. The van der Waals surface area contributed by atoms with Crippen LogP contribution in [0.5, 0.6) is 5.75 Å². The van der Waals surface area contributed by atoms with Crippen molar-refractivity contribution < 1.29 is 19.1 Å². The maximum absolute atomic E-state index is 12.8. The minimum atomic E-state index is -0.462. The van der Waals surface area contributed by atoms with Crippen LogP contribution in [0, 0.1) is 12.8 Å². The first-order valence-corrected chi connectivity index (χ1v) is 10.4. The van der Waals surface area contributed by atoms with E-state index >= 15 is 0 Å². The number of likely N-dealkylation sites (N-methyl/N-ethyl adjacent to an activating group) is 1. The van der Waals surface area contributed by atoms with Crippen LogP contribution in [0.4, 0.5) is 5.69 Å². The largest absolute Gasteiger partial charge is 0.495 e. The molecule has 1 fully saturated rings. The molecular weight excluding hydrogens is 418 g/mol. The van der Waals surface area contributed by atoms with Crippen molar-refractivity contribution in [2.24, 2.45) is 5.92 Å². The molecule has 1 aliphatic heterocycles. The van der Waals surface area contributed by atoms with Gasteiger partial charge >= 0.3 is 0 Å². The molecule has 0 unspecified atom stereocenters. The molecule has 0 aliphatic carbocycles. The Labute approximate surface area is 186 Å². The minimum absolute atomic E-state index is 0.0551. The first-order valence-electron chi connectivity index (χ1n) is 9.98. The normalized spacial score (nSPS) is 15.7. The lowest BCUT2D eigenvalue weighted by atomic mass is 10.1. The van der Waals surface area contributed by atoms with Gasteiger partial charge in [0.25, 0.3) is 0 Å². The smallest absolute Gasteiger partial charge is 0.244 e. The molecule has 3 amide bonds. The molecule has 31 heavy (non-hydrogen) atoms. The number of anilines is 1. The van der Waals surface area contributed by atoms with Crippen LogP contribution in [0.3, 0.4) is 0 Å². The number of amides is 3. The number of aryl methyl sites for hydroxylation is 1. The Morgan fingerprint density at radius 1 is 1.23 bits per heavy atom. The van der Waals surface area contributed by atoms with Crippen LogP contribution in [0.1, 0.15) is 17.5 Å². The van der Waals surface area contributed by atoms with E-state index in [0.29, 0.717) is 29.5 Å². The Morgan fingerprint density at radius 3 is 2.61 bits per heavy atom. The molecule has 7 nitrogen and oxygen atoms in total. The summed E-state index contributed by atoms with van der Waals surface area (Å²) in [5.74, 6) is -0.651. The molecule has 0 bridgehead atoms. The fourth-order valence-corrected chi connectivity index (χ4v) is 3.75. The van der Waals surface area contributed by atoms with Crippen molar-refractivity contribution in [3.05, 3.63) is 58.6 Å². The number of hydrogen-bond donors (Lipinski definition) is 1. The lowest BCUT2D eigenvalue weighted by molar-refractivity contribution is -0.137.